The second-order valence-electron chi connectivity index (χ2n) is 3.89. The molecule has 1 saturated heterocycles. The number of nitrogens with two attached hydrogens (primary N) is 1. The highest BCUT2D eigenvalue weighted by molar-refractivity contribution is 7.99. The topological polar surface area (TPSA) is 64.4 Å². The smallest absolute Gasteiger partial charge is 0.240 e. The number of carbonyl (C=O) groups is 1. The Morgan fingerprint density at radius 2 is 2.25 bits per heavy atom. The van der Waals surface area contributed by atoms with E-state index < -0.39 is 5.54 Å². The molecule has 0 bridgehead atoms. The van der Waals surface area contributed by atoms with Crippen LogP contribution in [0.1, 0.15) is 12.8 Å². The number of nitrogens with one attached hydrogen (secondary N) is 1. The second-order valence-corrected chi connectivity index (χ2v) is 5.04. The monoisotopic (exact) mass is 244 g/mol. The van der Waals surface area contributed by atoms with Crippen LogP contribution in [0.2, 0.25) is 0 Å². The third kappa shape index (κ3) is 4.15. The van der Waals surface area contributed by atoms with Gasteiger partial charge in [0, 0.05) is 31.3 Å². The lowest BCUT2D eigenvalue weighted by Gasteiger charge is -2.31. The number of hydrogen-bond donors (Lipinski definition) is 2. The molecular weight excluding hydrogens is 224 g/mol. The van der Waals surface area contributed by atoms with Crippen molar-refractivity contribution in [3.63, 3.8) is 0 Å². The van der Waals surface area contributed by atoms with E-state index in [2.05, 4.69) is 11.9 Å². The summed E-state index contributed by atoms with van der Waals surface area (Å²) in [6, 6.07) is 0. The zero-order chi connectivity index (χ0) is 11.9. The predicted molar refractivity (Wildman–Crippen MR) is 67.5 cm³/mol. The molecule has 5 heteroatoms. The summed E-state index contributed by atoms with van der Waals surface area (Å²) in [6.45, 7) is 5.46. The first-order valence-corrected chi connectivity index (χ1v) is 6.68. The van der Waals surface area contributed by atoms with E-state index in [1.165, 1.54) is 0 Å². The van der Waals surface area contributed by atoms with Crippen LogP contribution in [-0.4, -0.2) is 42.7 Å². The zero-order valence-electron chi connectivity index (χ0n) is 9.54. The molecule has 0 unspecified atom stereocenters. The summed E-state index contributed by atoms with van der Waals surface area (Å²) in [5.41, 5.74) is 5.31. The third-order valence-electron chi connectivity index (χ3n) is 2.60. The van der Waals surface area contributed by atoms with Crippen LogP contribution in [0.25, 0.3) is 0 Å². The van der Waals surface area contributed by atoms with E-state index in [4.69, 9.17) is 10.5 Å². The number of ether oxygens (including phenoxy) is 1. The highest BCUT2D eigenvalue weighted by atomic mass is 32.2. The quantitative estimate of drug-likeness (QED) is 0.528. The van der Waals surface area contributed by atoms with Crippen LogP contribution in [0.5, 0.6) is 0 Å². The zero-order valence-corrected chi connectivity index (χ0v) is 10.4. The molecule has 1 heterocycles. The van der Waals surface area contributed by atoms with Crippen molar-refractivity contribution in [2.24, 2.45) is 5.73 Å². The van der Waals surface area contributed by atoms with Crippen molar-refractivity contribution in [2.45, 2.75) is 18.4 Å². The van der Waals surface area contributed by atoms with Crippen molar-refractivity contribution in [1.29, 1.82) is 0 Å². The normalized spacial score (nSPS) is 19.1. The Morgan fingerprint density at radius 3 is 2.88 bits per heavy atom. The molecule has 0 aromatic carbocycles. The summed E-state index contributed by atoms with van der Waals surface area (Å²) < 4.78 is 5.20. The van der Waals surface area contributed by atoms with E-state index in [-0.39, 0.29) is 5.91 Å². The van der Waals surface area contributed by atoms with Gasteiger partial charge in [0.05, 0.1) is 5.54 Å². The molecule has 16 heavy (non-hydrogen) atoms. The Kier molecular flexibility index (Phi) is 5.87. The van der Waals surface area contributed by atoms with Crippen molar-refractivity contribution in [1.82, 2.24) is 5.32 Å². The van der Waals surface area contributed by atoms with Crippen LogP contribution in [0.4, 0.5) is 0 Å². The Hall–Kier alpha value is -0.520. The van der Waals surface area contributed by atoms with Gasteiger partial charge in [0.15, 0.2) is 0 Å². The van der Waals surface area contributed by atoms with Gasteiger partial charge >= 0.3 is 0 Å². The lowest BCUT2D eigenvalue weighted by atomic mass is 9.90. The van der Waals surface area contributed by atoms with Gasteiger partial charge in [0.1, 0.15) is 0 Å². The maximum absolute atomic E-state index is 11.8. The van der Waals surface area contributed by atoms with Crippen molar-refractivity contribution in [2.75, 3.05) is 31.3 Å². The van der Waals surface area contributed by atoms with E-state index in [0.29, 0.717) is 32.6 Å². The van der Waals surface area contributed by atoms with Gasteiger partial charge in [-0.2, -0.15) is 11.8 Å². The van der Waals surface area contributed by atoms with Crippen LogP contribution in [0.15, 0.2) is 12.7 Å². The van der Waals surface area contributed by atoms with Gasteiger partial charge in [-0.3, -0.25) is 4.79 Å². The highest BCUT2D eigenvalue weighted by Crippen LogP contribution is 2.17. The first-order valence-electron chi connectivity index (χ1n) is 5.52. The maximum Gasteiger partial charge on any atom is 0.240 e. The average molecular weight is 244 g/mol. The Balaban J connectivity index is 2.20. The average Bonchev–Trinajstić information content (AvgIpc) is 2.29. The molecule has 0 aromatic rings. The van der Waals surface area contributed by atoms with E-state index in [0.717, 1.165) is 11.5 Å². The molecule has 92 valence electrons. The minimum atomic E-state index is -0.721. The van der Waals surface area contributed by atoms with Gasteiger partial charge in [-0.15, -0.1) is 6.58 Å². The van der Waals surface area contributed by atoms with Crippen LogP contribution in [0.3, 0.4) is 0 Å². The fourth-order valence-corrected chi connectivity index (χ4v) is 2.12. The predicted octanol–water partition coefficient (Wildman–Crippen LogP) is 0.530. The number of rotatable bonds is 6. The number of carbonyl (C=O) groups excluding carboxylic acids is 1. The molecule has 0 atom stereocenters. The third-order valence-corrected chi connectivity index (χ3v) is 3.57. The van der Waals surface area contributed by atoms with Gasteiger partial charge in [0.25, 0.3) is 0 Å². The molecule has 1 aliphatic rings. The van der Waals surface area contributed by atoms with Crippen molar-refractivity contribution in [3.8, 4) is 0 Å². The number of hydrogen-bond acceptors (Lipinski definition) is 4. The molecule has 1 amide bonds. The summed E-state index contributed by atoms with van der Waals surface area (Å²) in [5.74, 6) is 1.76. The Bertz CT molecular complexity index is 240. The van der Waals surface area contributed by atoms with Crippen molar-refractivity contribution >= 4 is 17.7 Å². The van der Waals surface area contributed by atoms with Crippen LogP contribution >= 0.6 is 11.8 Å². The molecule has 0 saturated carbocycles. The summed E-state index contributed by atoms with van der Waals surface area (Å²) in [5, 5.41) is 2.88. The minimum Gasteiger partial charge on any atom is -0.381 e. The van der Waals surface area contributed by atoms with Gasteiger partial charge in [-0.05, 0) is 12.8 Å². The maximum atomic E-state index is 11.8. The molecule has 4 nitrogen and oxygen atoms in total. The number of thioether (sulfide) groups is 1. The lowest BCUT2D eigenvalue weighted by Crippen LogP contribution is -2.57. The highest BCUT2D eigenvalue weighted by Gasteiger charge is 2.35. The van der Waals surface area contributed by atoms with E-state index in [1.54, 1.807) is 11.8 Å². The van der Waals surface area contributed by atoms with Crippen LogP contribution in [0, 0.1) is 0 Å². The Labute approximate surface area is 101 Å². The molecule has 0 aromatic heterocycles. The Morgan fingerprint density at radius 1 is 1.56 bits per heavy atom. The second kappa shape index (κ2) is 6.93. The van der Waals surface area contributed by atoms with Gasteiger partial charge in [-0.1, -0.05) is 6.08 Å². The van der Waals surface area contributed by atoms with Crippen molar-refractivity contribution in [3.05, 3.63) is 12.7 Å². The van der Waals surface area contributed by atoms with E-state index in [1.807, 2.05) is 6.08 Å². The van der Waals surface area contributed by atoms with E-state index in [9.17, 15) is 4.79 Å². The standard InChI is InChI=1S/C11H20N2O2S/c1-2-8-16-9-5-13-10(14)11(12)3-6-15-7-4-11/h2H,1,3-9,12H2,(H,13,14). The molecule has 0 spiro atoms. The molecule has 1 fully saturated rings. The molecule has 1 rings (SSSR count). The summed E-state index contributed by atoms with van der Waals surface area (Å²) in [7, 11) is 0. The van der Waals surface area contributed by atoms with Crippen LogP contribution < -0.4 is 11.1 Å². The molecule has 1 aliphatic heterocycles. The molecule has 0 radical (unpaired) electrons. The van der Waals surface area contributed by atoms with Gasteiger partial charge in [-0.25, -0.2) is 0 Å². The number of amides is 1. The molecule has 0 aliphatic carbocycles. The molecule has 3 N–H and O–H groups in total. The fraction of sp³-hybridized carbons (Fsp3) is 0.727. The minimum absolute atomic E-state index is 0.0463. The van der Waals surface area contributed by atoms with Crippen molar-refractivity contribution < 1.29 is 9.53 Å². The first kappa shape index (κ1) is 13.5. The van der Waals surface area contributed by atoms with E-state index >= 15 is 0 Å². The summed E-state index contributed by atoms with van der Waals surface area (Å²) in [6.07, 6.45) is 3.08. The summed E-state index contributed by atoms with van der Waals surface area (Å²) >= 11 is 1.74. The van der Waals surface area contributed by atoms with Gasteiger partial charge in [0.2, 0.25) is 5.91 Å². The molecular formula is C11H20N2O2S. The van der Waals surface area contributed by atoms with Gasteiger partial charge < -0.3 is 15.8 Å². The largest absolute Gasteiger partial charge is 0.381 e. The SMILES string of the molecule is C=CCSCCNC(=O)C1(N)CCOCC1. The first-order chi connectivity index (χ1) is 7.69. The fourth-order valence-electron chi connectivity index (χ4n) is 1.54. The van der Waals surface area contributed by atoms with Crippen LogP contribution in [-0.2, 0) is 9.53 Å². The lowest BCUT2D eigenvalue weighted by molar-refractivity contribution is -0.129. The summed E-state index contributed by atoms with van der Waals surface area (Å²) in [4.78, 5) is 11.8.